The molecule has 0 aromatic carbocycles. The van der Waals surface area contributed by atoms with Crippen LogP contribution in [0.25, 0.3) is 0 Å². The highest BCUT2D eigenvalue weighted by Gasteiger charge is 2.15. The maximum atomic E-state index is 12.0. The molecule has 0 saturated carbocycles. The van der Waals surface area contributed by atoms with Crippen LogP contribution in [0.3, 0.4) is 0 Å². The summed E-state index contributed by atoms with van der Waals surface area (Å²) in [7, 11) is 0. The van der Waals surface area contributed by atoms with Crippen molar-refractivity contribution in [1.29, 1.82) is 0 Å². The lowest BCUT2D eigenvalue weighted by molar-refractivity contribution is 0.0766. The van der Waals surface area contributed by atoms with E-state index in [1.807, 2.05) is 26.8 Å². The first kappa shape index (κ1) is 12.2. The third-order valence-electron chi connectivity index (χ3n) is 2.30. The minimum absolute atomic E-state index is 0.00463. The van der Waals surface area contributed by atoms with E-state index in [0.717, 1.165) is 10.0 Å². The van der Waals surface area contributed by atoms with E-state index < -0.39 is 0 Å². The molecule has 1 aromatic heterocycles. The molecule has 0 spiro atoms. The lowest BCUT2D eigenvalue weighted by Gasteiger charge is -2.18. The number of halogens is 1. The van der Waals surface area contributed by atoms with Crippen LogP contribution in [0.4, 0.5) is 0 Å². The molecule has 4 heteroatoms. The second kappa shape index (κ2) is 5.26. The number of carbonyl (C=O) groups excluding carboxylic acids is 1. The van der Waals surface area contributed by atoms with Crippen LogP contribution in [-0.2, 0) is 0 Å². The van der Waals surface area contributed by atoms with Gasteiger partial charge in [-0.05, 0) is 48.3 Å². The SMILES string of the molecule is CCN(CC)C(=O)c1ncc(Br)cc1C. The first-order valence-electron chi connectivity index (χ1n) is 5.01. The van der Waals surface area contributed by atoms with E-state index >= 15 is 0 Å². The molecular weight excluding hydrogens is 256 g/mol. The number of rotatable bonds is 3. The fourth-order valence-electron chi connectivity index (χ4n) is 1.42. The topological polar surface area (TPSA) is 33.2 Å². The van der Waals surface area contributed by atoms with Crippen LogP contribution in [0, 0.1) is 6.92 Å². The van der Waals surface area contributed by atoms with Gasteiger partial charge in [0.25, 0.3) is 5.91 Å². The van der Waals surface area contributed by atoms with E-state index in [-0.39, 0.29) is 5.91 Å². The molecule has 0 saturated heterocycles. The third kappa shape index (κ3) is 2.78. The van der Waals surface area contributed by atoms with Crippen molar-refractivity contribution in [3.05, 3.63) is 28.0 Å². The Morgan fingerprint density at radius 2 is 2.07 bits per heavy atom. The maximum Gasteiger partial charge on any atom is 0.272 e. The van der Waals surface area contributed by atoms with Gasteiger partial charge in [0.2, 0.25) is 0 Å². The normalized spacial score (nSPS) is 10.1. The summed E-state index contributed by atoms with van der Waals surface area (Å²) in [5, 5.41) is 0. The summed E-state index contributed by atoms with van der Waals surface area (Å²) in [5.74, 6) is 0.00463. The van der Waals surface area contributed by atoms with E-state index in [1.165, 1.54) is 0 Å². The van der Waals surface area contributed by atoms with Crippen molar-refractivity contribution in [3.8, 4) is 0 Å². The van der Waals surface area contributed by atoms with Crippen LogP contribution in [-0.4, -0.2) is 28.9 Å². The third-order valence-corrected chi connectivity index (χ3v) is 2.73. The second-order valence-electron chi connectivity index (χ2n) is 3.30. The fraction of sp³-hybridized carbons (Fsp3) is 0.455. The first-order chi connectivity index (χ1) is 7.10. The summed E-state index contributed by atoms with van der Waals surface area (Å²) in [6.07, 6.45) is 1.66. The van der Waals surface area contributed by atoms with Gasteiger partial charge in [-0.3, -0.25) is 4.79 Å². The largest absolute Gasteiger partial charge is 0.338 e. The van der Waals surface area contributed by atoms with Crippen LogP contribution < -0.4 is 0 Å². The molecule has 15 heavy (non-hydrogen) atoms. The molecule has 0 radical (unpaired) electrons. The highest BCUT2D eigenvalue weighted by atomic mass is 79.9. The van der Waals surface area contributed by atoms with Gasteiger partial charge >= 0.3 is 0 Å². The highest BCUT2D eigenvalue weighted by molar-refractivity contribution is 9.10. The summed E-state index contributed by atoms with van der Waals surface area (Å²) in [6, 6.07) is 1.91. The Morgan fingerprint density at radius 3 is 2.53 bits per heavy atom. The molecule has 82 valence electrons. The van der Waals surface area contributed by atoms with Gasteiger partial charge in [-0.2, -0.15) is 0 Å². The van der Waals surface area contributed by atoms with Gasteiger partial charge in [-0.1, -0.05) is 0 Å². The molecule has 0 unspecified atom stereocenters. The molecule has 0 aliphatic heterocycles. The Hall–Kier alpha value is -0.900. The molecule has 1 rings (SSSR count). The van der Waals surface area contributed by atoms with Gasteiger partial charge in [0.15, 0.2) is 0 Å². The monoisotopic (exact) mass is 270 g/mol. The van der Waals surface area contributed by atoms with Gasteiger partial charge in [-0.25, -0.2) is 4.98 Å². The van der Waals surface area contributed by atoms with E-state index in [2.05, 4.69) is 20.9 Å². The lowest BCUT2D eigenvalue weighted by atomic mass is 10.2. The summed E-state index contributed by atoms with van der Waals surface area (Å²) >= 11 is 3.33. The minimum atomic E-state index is 0.00463. The summed E-state index contributed by atoms with van der Waals surface area (Å²) in [5.41, 5.74) is 1.45. The molecule has 0 aliphatic carbocycles. The van der Waals surface area contributed by atoms with E-state index in [0.29, 0.717) is 18.8 Å². The predicted molar refractivity (Wildman–Crippen MR) is 63.9 cm³/mol. The molecule has 0 atom stereocenters. The van der Waals surface area contributed by atoms with Gasteiger partial charge < -0.3 is 4.90 Å². The average molecular weight is 271 g/mol. The second-order valence-corrected chi connectivity index (χ2v) is 4.21. The Kier molecular flexibility index (Phi) is 4.27. The van der Waals surface area contributed by atoms with Crippen LogP contribution >= 0.6 is 15.9 Å². The zero-order valence-corrected chi connectivity index (χ0v) is 10.8. The maximum absolute atomic E-state index is 12.0. The number of aromatic nitrogens is 1. The summed E-state index contributed by atoms with van der Waals surface area (Å²) in [6.45, 7) is 7.26. The van der Waals surface area contributed by atoms with Crippen molar-refractivity contribution in [1.82, 2.24) is 9.88 Å². The molecule has 3 nitrogen and oxygen atoms in total. The van der Waals surface area contributed by atoms with Gasteiger partial charge in [0.05, 0.1) is 0 Å². The molecule has 0 fully saturated rings. The fourth-order valence-corrected chi connectivity index (χ4v) is 1.87. The van der Waals surface area contributed by atoms with E-state index in [4.69, 9.17) is 0 Å². The van der Waals surface area contributed by atoms with Crippen LogP contribution in [0.2, 0.25) is 0 Å². The Labute approximate surface area is 98.6 Å². The number of nitrogens with zero attached hydrogens (tertiary/aromatic N) is 2. The van der Waals surface area contributed by atoms with Gasteiger partial charge in [-0.15, -0.1) is 0 Å². The van der Waals surface area contributed by atoms with E-state index in [9.17, 15) is 4.79 Å². The minimum Gasteiger partial charge on any atom is -0.338 e. The van der Waals surface area contributed by atoms with Gasteiger partial charge in [0.1, 0.15) is 5.69 Å². The summed E-state index contributed by atoms with van der Waals surface area (Å²) in [4.78, 5) is 17.9. The van der Waals surface area contributed by atoms with Gasteiger partial charge in [0, 0.05) is 23.8 Å². The number of pyridine rings is 1. The number of amides is 1. The van der Waals surface area contributed by atoms with Crippen molar-refractivity contribution >= 4 is 21.8 Å². The standard InChI is InChI=1S/C11H15BrN2O/c1-4-14(5-2)11(15)10-8(3)6-9(12)7-13-10/h6-7H,4-5H2,1-3H3. The zero-order chi connectivity index (χ0) is 11.4. The van der Waals surface area contributed by atoms with Crippen molar-refractivity contribution in [2.45, 2.75) is 20.8 Å². The molecule has 1 amide bonds. The summed E-state index contributed by atoms with van der Waals surface area (Å²) < 4.78 is 0.899. The van der Waals surface area contributed by atoms with E-state index in [1.54, 1.807) is 11.1 Å². The van der Waals surface area contributed by atoms with Crippen molar-refractivity contribution < 1.29 is 4.79 Å². The number of hydrogen-bond donors (Lipinski definition) is 0. The van der Waals surface area contributed by atoms with Crippen LogP contribution in [0.5, 0.6) is 0 Å². The smallest absolute Gasteiger partial charge is 0.272 e. The lowest BCUT2D eigenvalue weighted by Crippen LogP contribution is -2.31. The molecule has 0 bridgehead atoms. The number of carbonyl (C=O) groups is 1. The quantitative estimate of drug-likeness (QED) is 0.846. The van der Waals surface area contributed by atoms with Crippen molar-refractivity contribution in [3.63, 3.8) is 0 Å². The number of aryl methyl sites for hydroxylation is 1. The predicted octanol–water partition coefficient (Wildman–Crippen LogP) is 2.63. The Morgan fingerprint density at radius 1 is 1.47 bits per heavy atom. The number of hydrogen-bond acceptors (Lipinski definition) is 2. The molecule has 0 aliphatic rings. The molecule has 1 heterocycles. The van der Waals surface area contributed by atoms with Crippen molar-refractivity contribution in [2.24, 2.45) is 0 Å². The van der Waals surface area contributed by atoms with Crippen LogP contribution in [0.15, 0.2) is 16.7 Å². The van der Waals surface area contributed by atoms with Crippen molar-refractivity contribution in [2.75, 3.05) is 13.1 Å². The highest BCUT2D eigenvalue weighted by Crippen LogP contribution is 2.14. The molecule has 1 aromatic rings. The molecular formula is C11H15BrN2O. The average Bonchev–Trinajstić information content (AvgIpc) is 2.19. The molecule has 0 N–H and O–H groups in total. The van der Waals surface area contributed by atoms with Crippen LogP contribution in [0.1, 0.15) is 29.9 Å². The zero-order valence-electron chi connectivity index (χ0n) is 9.25. The first-order valence-corrected chi connectivity index (χ1v) is 5.80. The Bertz CT molecular complexity index is 362. The Balaban J connectivity index is 3.00.